The van der Waals surface area contributed by atoms with Crippen LogP contribution in [-0.4, -0.2) is 23.7 Å². The summed E-state index contributed by atoms with van der Waals surface area (Å²) in [6.45, 7) is 10.1. The van der Waals surface area contributed by atoms with Crippen LogP contribution in [0.3, 0.4) is 0 Å². The zero-order chi connectivity index (χ0) is 15.2. The van der Waals surface area contributed by atoms with E-state index in [0.29, 0.717) is 18.4 Å². The standard InChI is InChI=1S/C17H31NO2/c1-5-16(13(2)14(3)18-15(4)20)8-11-17(12-19)9-6-7-10-17/h5,13-14,16,19H,1,6-12H2,2-4H3,(H,18,20). The fraction of sp³-hybridized carbons (Fsp3) is 0.824. The maximum atomic E-state index is 11.2. The van der Waals surface area contributed by atoms with Crippen LogP contribution in [0.15, 0.2) is 12.7 Å². The molecule has 0 radical (unpaired) electrons. The number of aliphatic hydroxyl groups excluding tert-OH is 1. The summed E-state index contributed by atoms with van der Waals surface area (Å²) in [4.78, 5) is 11.2. The summed E-state index contributed by atoms with van der Waals surface area (Å²) >= 11 is 0. The molecule has 1 aliphatic rings. The Balaban J connectivity index is 2.53. The van der Waals surface area contributed by atoms with E-state index in [0.717, 1.165) is 25.7 Å². The van der Waals surface area contributed by atoms with Gasteiger partial charge in [0, 0.05) is 19.6 Å². The lowest BCUT2D eigenvalue weighted by Crippen LogP contribution is -2.38. The highest BCUT2D eigenvalue weighted by atomic mass is 16.3. The van der Waals surface area contributed by atoms with E-state index in [2.05, 4.69) is 25.7 Å². The van der Waals surface area contributed by atoms with E-state index >= 15 is 0 Å². The average molecular weight is 281 g/mol. The Labute approximate surface area is 123 Å². The van der Waals surface area contributed by atoms with Gasteiger partial charge in [-0.25, -0.2) is 0 Å². The van der Waals surface area contributed by atoms with Gasteiger partial charge >= 0.3 is 0 Å². The zero-order valence-electron chi connectivity index (χ0n) is 13.3. The maximum Gasteiger partial charge on any atom is 0.217 e. The van der Waals surface area contributed by atoms with Crippen molar-refractivity contribution in [2.24, 2.45) is 17.3 Å². The van der Waals surface area contributed by atoms with E-state index in [1.54, 1.807) is 6.92 Å². The quantitative estimate of drug-likeness (QED) is 0.671. The van der Waals surface area contributed by atoms with Crippen LogP contribution < -0.4 is 5.32 Å². The lowest BCUT2D eigenvalue weighted by molar-refractivity contribution is -0.119. The third-order valence-electron chi connectivity index (χ3n) is 5.21. The third-order valence-corrected chi connectivity index (χ3v) is 5.21. The van der Waals surface area contributed by atoms with Gasteiger partial charge < -0.3 is 10.4 Å². The molecule has 2 N–H and O–H groups in total. The topological polar surface area (TPSA) is 49.3 Å². The number of rotatable bonds is 8. The van der Waals surface area contributed by atoms with Gasteiger partial charge in [-0.05, 0) is 49.9 Å². The van der Waals surface area contributed by atoms with Crippen LogP contribution in [0, 0.1) is 17.3 Å². The van der Waals surface area contributed by atoms with Crippen molar-refractivity contribution in [2.45, 2.75) is 65.3 Å². The first-order valence-corrected chi connectivity index (χ1v) is 7.94. The van der Waals surface area contributed by atoms with Crippen LogP contribution in [-0.2, 0) is 4.79 Å². The molecule has 0 saturated heterocycles. The van der Waals surface area contributed by atoms with E-state index in [4.69, 9.17) is 0 Å². The fourth-order valence-electron chi connectivity index (χ4n) is 3.50. The van der Waals surface area contributed by atoms with Crippen LogP contribution in [0.25, 0.3) is 0 Å². The van der Waals surface area contributed by atoms with Crippen LogP contribution >= 0.6 is 0 Å². The van der Waals surface area contributed by atoms with Crippen molar-refractivity contribution >= 4 is 5.91 Å². The number of amides is 1. The SMILES string of the molecule is C=CC(CCC1(CO)CCCC1)C(C)C(C)NC(C)=O. The summed E-state index contributed by atoms with van der Waals surface area (Å²) in [5, 5.41) is 12.7. The zero-order valence-corrected chi connectivity index (χ0v) is 13.3. The summed E-state index contributed by atoms with van der Waals surface area (Å²) in [5.41, 5.74) is 0.151. The van der Waals surface area contributed by atoms with Gasteiger partial charge in [0.15, 0.2) is 0 Å². The van der Waals surface area contributed by atoms with Crippen LogP contribution in [0.4, 0.5) is 0 Å². The van der Waals surface area contributed by atoms with Crippen LogP contribution in [0.1, 0.15) is 59.3 Å². The molecule has 0 spiro atoms. The van der Waals surface area contributed by atoms with E-state index < -0.39 is 0 Å². The summed E-state index contributed by atoms with van der Waals surface area (Å²) < 4.78 is 0. The number of hydrogen-bond acceptors (Lipinski definition) is 2. The van der Waals surface area contributed by atoms with Gasteiger partial charge in [0.05, 0.1) is 0 Å². The first-order valence-electron chi connectivity index (χ1n) is 7.94. The number of hydrogen-bond donors (Lipinski definition) is 2. The molecule has 20 heavy (non-hydrogen) atoms. The van der Waals surface area contributed by atoms with E-state index in [1.165, 1.54) is 12.8 Å². The molecule has 0 aromatic heterocycles. The Hall–Kier alpha value is -0.830. The summed E-state index contributed by atoms with van der Waals surface area (Å²) in [5.74, 6) is 0.782. The number of aliphatic hydroxyl groups is 1. The number of carbonyl (C=O) groups excluding carboxylic acids is 1. The molecule has 3 atom stereocenters. The van der Waals surface area contributed by atoms with Crippen molar-refractivity contribution in [1.82, 2.24) is 5.32 Å². The van der Waals surface area contributed by atoms with Gasteiger partial charge in [-0.3, -0.25) is 4.79 Å². The van der Waals surface area contributed by atoms with Gasteiger partial charge in [-0.15, -0.1) is 6.58 Å². The molecular formula is C17H31NO2. The maximum absolute atomic E-state index is 11.2. The van der Waals surface area contributed by atoms with Gasteiger partial charge in [0.25, 0.3) is 0 Å². The fourth-order valence-corrected chi connectivity index (χ4v) is 3.50. The monoisotopic (exact) mass is 281 g/mol. The average Bonchev–Trinajstić information content (AvgIpc) is 2.87. The Morgan fingerprint density at radius 3 is 2.45 bits per heavy atom. The second kappa shape index (κ2) is 7.82. The molecule has 1 rings (SSSR count). The third kappa shape index (κ3) is 4.62. The van der Waals surface area contributed by atoms with Gasteiger partial charge in [-0.1, -0.05) is 25.8 Å². The van der Waals surface area contributed by atoms with Gasteiger partial charge in [0.2, 0.25) is 5.91 Å². The Bertz CT molecular complexity index is 321. The first-order chi connectivity index (χ1) is 9.44. The van der Waals surface area contributed by atoms with Gasteiger partial charge in [0.1, 0.15) is 0 Å². The highest BCUT2D eigenvalue weighted by Crippen LogP contribution is 2.43. The Kier molecular flexibility index (Phi) is 6.74. The molecule has 1 aliphatic carbocycles. The summed E-state index contributed by atoms with van der Waals surface area (Å²) in [7, 11) is 0. The number of carbonyl (C=O) groups is 1. The summed E-state index contributed by atoms with van der Waals surface area (Å²) in [6, 6.07) is 0.157. The molecule has 0 aliphatic heterocycles. The molecule has 1 amide bonds. The molecule has 1 saturated carbocycles. The molecule has 0 bridgehead atoms. The second-order valence-electron chi connectivity index (χ2n) is 6.65. The van der Waals surface area contributed by atoms with E-state index in [-0.39, 0.29) is 17.4 Å². The highest BCUT2D eigenvalue weighted by Gasteiger charge is 2.34. The van der Waals surface area contributed by atoms with Crippen molar-refractivity contribution in [3.8, 4) is 0 Å². The smallest absolute Gasteiger partial charge is 0.217 e. The largest absolute Gasteiger partial charge is 0.396 e. The highest BCUT2D eigenvalue weighted by molar-refractivity contribution is 5.73. The Morgan fingerprint density at radius 1 is 1.40 bits per heavy atom. The number of allylic oxidation sites excluding steroid dienone is 1. The van der Waals surface area contributed by atoms with Crippen molar-refractivity contribution in [3.05, 3.63) is 12.7 Å². The Morgan fingerprint density at radius 2 is 2.00 bits per heavy atom. The van der Waals surface area contributed by atoms with Crippen LogP contribution in [0.2, 0.25) is 0 Å². The van der Waals surface area contributed by atoms with Crippen molar-refractivity contribution < 1.29 is 9.90 Å². The predicted octanol–water partition coefficient (Wildman–Crippen LogP) is 3.28. The predicted molar refractivity (Wildman–Crippen MR) is 83.4 cm³/mol. The molecule has 0 heterocycles. The minimum atomic E-state index is 0.0229. The molecule has 0 aromatic carbocycles. The first kappa shape index (κ1) is 17.2. The molecule has 3 heteroatoms. The van der Waals surface area contributed by atoms with E-state index in [9.17, 15) is 9.90 Å². The normalized spacial score (nSPS) is 22.0. The lowest BCUT2D eigenvalue weighted by atomic mass is 9.76. The number of nitrogens with one attached hydrogen (secondary N) is 1. The molecule has 116 valence electrons. The van der Waals surface area contributed by atoms with E-state index in [1.807, 2.05) is 6.08 Å². The van der Waals surface area contributed by atoms with Gasteiger partial charge in [-0.2, -0.15) is 0 Å². The summed E-state index contributed by atoms with van der Waals surface area (Å²) in [6.07, 6.45) is 8.94. The molecule has 3 unspecified atom stereocenters. The molecule has 1 fully saturated rings. The minimum Gasteiger partial charge on any atom is -0.396 e. The minimum absolute atomic E-state index is 0.0229. The lowest BCUT2D eigenvalue weighted by Gasteiger charge is -2.32. The van der Waals surface area contributed by atoms with Crippen molar-refractivity contribution in [3.63, 3.8) is 0 Å². The second-order valence-corrected chi connectivity index (χ2v) is 6.65. The molecule has 0 aromatic rings. The molecule has 3 nitrogen and oxygen atoms in total. The van der Waals surface area contributed by atoms with Crippen LogP contribution in [0.5, 0.6) is 0 Å². The van der Waals surface area contributed by atoms with Crippen molar-refractivity contribution in [1.29, 1.82) is 0 Å². The molecular weight excluding hydrogens is 250 g/mol. The van der Waals surface area contributed by atoms with Crippen molar-refractivity contribution in [2.75, 3.05) is 6.61 Å².